The fourth-order valence-corrected chi connectivity index (χ4v) is 4.98. The summed E-state index contributed by atoms with van der Waals surface area (Å²) in [5.41, 5.74) is 7.29. The first kappa shape index (κ1) is 16.4. The van der Waals surface area contributed by atoms with Gasteiger partial charge in [0.1, 0.15) is 0 Å². The van der Waals surface area contributed by atoms with Crippen LogP contribution in [0.4, 0.5) is 0 Å². The minimum Gasteiger partial charge on any atom is -0.264 e. The Morgan fingerprint density at radius 3 is 2.45 bits per heavy atom. The summed E-state index contributed by atoms with van der Waals surface area (Å²) in [6.45, 7) is 4.66. The molecule has 0 aliphatic heterocycles. The van der Waals surface area contributed by atoms with Gasteiger partial charge in [-0.25, -0.2) is 0 Å². The normalized spacial score (nSPS) is 14.1. The number of hydrogen-bond acceptors (Lipinski definition) is 2. The first-order valence-corrected chi connectivity index (χ1v) is 10.0. The zero-order valence-electron chi connectivity index (χ0n) is 16.5. The van der Waals surface area contributed by atoms with Crippen molar-refractivity contribution in [2.45, 2.75) is 19.3 Å². The van der Waals surface area contributed by atoms with Crippen molar-refractivity contribution in [3.05, 3.63) is 96.4 Å². The third-order valence-electron chi connectivity index (χ3n) is 6.35. The highest BCUT2D eigenvalue weighted by Crippen LogP contribution is 2.50. The molecular weight excluding hydrogens is 352 g/mol. The lowest BCUT2D eigenvalue weighted by atomic mass is 9.68. The Morgan fingerprint density at radius 1 is 0.759 bits per heavy atom. The van der Waals surface area contributed by atoms with Gasteiger partial charge < -0.3 is 0 Å². The second-order valence-corrected chi connectivity index (χ2v) is 8.36. The molecule has 5 aromatic rings. The number of benzene rings is 3. The van der Waals surface area contributed by atoms with Crippen molar-refractivity contribution in [1.82, 2.24) is 9.97 Å². The van der Waals surface area contributed by atoms with Crippen LogP contribution in [-0.2, 0) is 5.41 Å². The van der Waals surface area contributed by atoms with E-state index in [1.165, 1.54) is 49.4 Å². The van der Waals surface area contributed by atoms with Crippen LogP contribution in [0.15, 0.2) is 85.3 Å². The first-order valence-electron chi connectivity index (χ1n) is 10.0. The van der Waals surface area contributed by atoms with E-state index in [2.05, 4.69) is 85.6 Å². The van der Waals surface area contributed by atoms with Crippen molar-refractivity contribution in [2.24, 2.45) is 0 Å². The molecule has 1 aliphatic carbocycles. The molecule has 0 bridgehead atoms. The second kappa shape index (κ2) is 5.74. The second-order valence-electron chi connectivity index (χ2n) is 8.36. The zero-order valence-corrected chi connectivity index (χ0v) is 16.5. The predicted molar refractivity (Wildman–Crippen MR) is 120 cm³/mol. The van der Waals surface area contributed by atoms with Crippen LogP contribution in [0.1, 0.15) is 25.0 Å². The molecule has 2 heteroatoms. The Morgan fingerprint density at radius 2 is 1.59 bits per heavy atom. The highest BCUT2D eigenvalue weighted by atomic mass is 14.7. The lowest BCUT2D eigenvalue weighted by Crippen LogP contribution is -2.24. The van der Waals surface area contributed by atoms with Gasteiger partial charge >= 0.3 is 0 Å². The van der Waals surface area contributed by atoms with E-state index in [0.717, 1.165) is 5.69 Å². The van der Waals surface area contributed by atoms with Crippen LogP contribution >= 0.6 is 0 Å². The molecule has 0 amide bonds. The number of fused-ring (bicyclic) bond motifs is 4. The van der Waals surface area contributed by atoms with Crippen molar-refractivity contribution in [3.63, 3.8) is 0 Å². The SMILES string of the molecule is CC1(C)c2c(ccc3ccncc23)-c2nccc3cc(-c4ccccc4)cc1c23. The molecule has 29 heavy (non-hydrogen) atoms. The van der Waals surface area contributed by atoms with Gasteiger partial charge in [0.15, 0.2) is 0 Å². The molecule has 0 saturated carbocycles. The fraction of sp³-hybridized carbons (Fsp3) is 0.111. The molecule has 6 rings (SSSR count). The molecule has 0 atom stereocenters. The monoisotopic (exact) mass is 372 g/mol. The van der Waals surface area contributed by atoms with Gasteiger partial charge in [0.25, 0.3) is 0 Å². The van der Waals surface area contributed by atoms with Gasteiger partial charge in [0.05, 0.1) is 5.69 Å². The number of hydrogen-bond donors (Lipinski definition) is 0. The Kier molecular flexibility index (Phi) is 3.25. The van der Waals surface area contributed by atoms with Gasteiger partial charge in [-0.05, 0) is 57.3 Å². The van der Waals surface area contributed by atoms with E-state index in [0.29, 0.717) is 0 Å². The maximum absolute atomic E-state index is 4.83. The molecule has 138 valence electrons. The van der Waals surface area contributed by atoms with E-state index in [1.54, 1.807) is 0 Å². The molecule has 0 unspecified atom stereocenters. The molecule has 3 aromatic carbocycles. The zero-order chi connectivity index (χ0) is 19.6. The molecule has 0 radical (unpaired) electrons. The summed E-state index contributed by atoms with van der Waals surface area (Å²) >= 11 is 0. The van der Waals surface area contributed by atoms with Crippen LogP contribution in [0.25, 0.3) is 43.9 Å². The van der Waals surface area contributed by atoms with E-state index in [9.17, 15) is 0 Å². The van der Waals surface area contributed by atoms with Gasteiger partial charge in [-0.1, -0.05) is 56.3 Å². The Hall–Kier alpha value is -3.52. The van der Waals surface area contributed by atoms with Crippen LogP contribution in [0.5, 0.6) is 0 Å². The van der Waals surface area contributed by atoms with Crippen LogP contribution < -0.4 is 0 Å². The average Bonchev–Trinajstić information content (AvgIpc) is 2.77. The molecule has 2 nitrogen and oxygen atoms in total. The summed E-state index contributed by atoms with van der Waals surface area (Å²) in [5, 5.41) is 4.95. The summed E-state index contributed by atoms with van der Waals surface area (Å²) < 4.78 is 0. The van der Waals surface area contributed by atoms with E-state index >= 15 is 0 Å². The minimum atomic E-state index is -0.156. The minimum absolute atomic E-state index is 0.156. The van der Waals surface area contributed by atoms with Crippen LogP contribution in [-0.4, -0.2) is 9.97 Å². The Bertz CT molecular complexity index is 1420. The van der Waals surface area contributed by atoms with E-state index < -0.39 is 0 Å². The molecule has 0 N–H and O–H groups in total. The van der Waals surface area contributed by atoms with E-state index in [4.69, 9.17) is 4.98 Å². The summed E-state index contributed by atoms with van der Waals surface area (Å²) in [6, 6.07) is 23.9. The van der Waals surface area contributed by atoms with Crippen LogP contribution in [0, 0.1) is 0 Å². The van der Waals surface area contributed by atoms with Crippen LogP contribution in [0.3, 0.4) is 0 Å². The summed E-state index contributed by atoms with van der Waals surface area (Å²) in [5.74, 6) is 0. The largest absolute Gasteiger partial charge is 0.264 e. The molecule has 0 spiro atoms. The van der Waals surface area contributed by atoms with Crippen molar-refractivity contribution in [1.29, 1.82) is 0 Å². The smallest absolute Gasteiger partial charge is 0.0786 e. The highest BCUT2D eigenvalue weighted by Gasteiger charge is 2.36. The summed E-state index contributed by atoms with van der Waals surface area (Å²) in [7, 11) is 0. The topological polar surface area (TPSA) is 25.8 Å². The standard InChI is InChI=1S/C27H20N2/c1-27(2)23-15-20(17-6-4-3-5-7-17)14-19-11-13-29-26(24(19)23)21-9-8-18-10-12-28-16-22(18)25(21)27/h3-16H,1-2H3. The maximum atomic E-state index is 4.83. The van der Waals surface area contributed by atoms with Crippen molar-refractivity contribution in [3.8, 4) is 22.4 Å². The lowest BCUT2D eigenvalue weighted by molar-refractivity contribution is 0.650. The van der Waals surface area contributed by atoms with Crippen molar-refractivity contribution < 1.29 is 0 Å². The Balaban J connectivity index is 1.77. The van der Waals surface area contributed by atoms with E-state index in [1.807, 2.05) is 18.6 Å². The summed E-state index contributed by atoms with van der Waals surface area (Å²) in [4.78, 5) is 9.27. The number of aromatic nitrogens is 2. The highest BCUT2D eigenvalue weighted by molar-refractivity contribution is 6.06. The van der Waals surface area contributed by atoms with Crippen LogP contribution in [0.2, 0.25) is 0 Å². The lowest BCUT2D eigenvalue weighted by Gasteiger charge is -2.36. The van der Waals surface area contributed by atoms with Gasteiger partial charge in [-0.2, -0.15) is 0 Å². The van der Waals surface area contributed by atoms with Gasteiger partial charge in [0, 0.05) is 40.3 Å². The van der Waals surface area contributed by atoms with Crippen molar-refractivity contribution in [2.75, 3.05) is 0 Å². The van der Waals surface area contributed by atoms with Gasteiger partial charge in [0.2, 0.25) is 0 Å². The first-order chi connectivity index (χ1) is 14.1. The number of pyridine rings is 2. The molecule has 0 fully saturated rings. The van der Waals surface area contributed by atoms with Gasteiger partial charge in [-0.3, -0.25) is 9.97 Å². The number of rotatable bonds is 1. The molecule has 0 saturated heterocycles. The third-order valence-corrected chi connectivity index (χ3v) is 6.35. The number of nitrogens with zero attached hydrogens (tertiary/aromatic N) is 2. The maximum Gasteiger partial charge on any atom is 0.0786 e. The average molecular weight is 372 g/mol. The predicted octanol–water partition coefficient (Wildman–Crippen LogP) is 6.76. The quantitative estimate of drug-likeness (QED) is 0.325. The molecule has 2 heterocycles. The van der Waals surface area contributed by atoms with Gasteiger partial charge in [-0.15, -0.1) is 0 Å². The molecular formula is C27H20N2. The molecule has 1 aliphatic rings. The Labute approximate surface area is 169 Å². The fourth-order valence-electron chi connectivity index (χ4n) is 4.98. The summed E-state index contributed by atoms with van der Waals surface area (Å²) in [6.07, 6.45) is 5.80. The third kappa shape index (κ3) is 2.23. The van der Waals surface area contributed by atoms with E-state index in [-0.39, 0.29) is 5.41 Å². The van der Waals surface area contributed by atoms with Crippen molar-refractivity contribution >= 4 is 21.5 Å². The molecule has 2 aromatic heterocycles.